The molecule has 0 spiro atoms. The summed E-state index contributed by atoms with van der Waals surface area (Å²) < 4.78 is 9.06. The monoisotopic (exact) mass is 295 g/mol. The Morgan fingerprint density at radius 1 is 1.00 bits per heavy atom. The molecule has 1 aromatic rings. The number of carboxylic acid groups (broad SMARTS) is 1. The van der Waals surface area contributed by atoms with Crippen molar-refractivity contribution in [2.24, 2.45) is 0 Å². The fourth-order valence-corrected chi connectivity index (χ4v) is 1.51. The molecule has 1 rings (SSSR count). The summed E-state index contributed by atoms with van der Waals surface area (Å²) in [6, 6.07) is 3.76. The van der Waals surface area contributed by atoms with Crippen LogP contribution in [0, 0.1) is 0 Å². The minimum absolute atomic E-state index is 0.0195. The third-order valence-corrected chi connectivity index (χ3v) is 2.37. The van der Waals surface area contributed by atoms with Crippen LogP contribution in [0.25, 0.3) is 0 Å². The molecule has 0 aliphatic rings. The number of aliphatic carboxylic acids is 1. The highest BCUT2D eigenvalue weighted by Crippen LogP contribution is 2.17. The van der Waals surface area contributed by atoms with Crippen molar-refractivity contribution in [2.75, 3.05) is 19.5 Å². The van der Waals surface area contributed by atoms with Crippen LogP contribution in [0.2, 0.25) is 0 Å². The van der Waals surface area contributed by atoms with Crippen LogP contribution < -0.4 is 5.32 Å². The molecule has 0 aliphatic carbocycles. The Morgan fingerprint density at radius 2 is 1.48 bits per heavy atom. The summed E-state index contributed by atoms with van der Waals surface area (Å²) in [7, 11) is 2.33. The maximum Gasteiger partial charge on any atom is 0.337 e. The molecular weight excluding hydrogens is 282 g/mol. The van der Waals surface area contributed by atoms with Crippen molar-refractivity contribution in [3.05, 3.63) is 29.3 Å². The average Bonchev–Trinajstić information content (AvgIpc) is 2.44. The molecule has 8 nitrogen and oxygen atoms in total. The summed E-state index contributed by atoms with van der Waals surface area (Å²) in [5.74, 6) is -3.52. The molecule has 8 heteroatoms. The fraction of sp³-hybridized carbons (Fsp3) is 0.231. The number of carboxylic acids is 1. The molecule has 0 aliphatic heterocycles. The lowest BCUT2D eigenvalue weighted by molar-refractivity contribution is -0.139. The molecule has 0 bridgehead atoms. The quantitative estimate of drug-likeness (QED) is 0.605. The third-order valence-electron chi connectivity index (χ3n) is 2.37. The maximum absolute atomic E-state index is 11.5. The van der Waals surface area contributed by atoms with E-state index < -0.39 is 30.2 Å². The smallest absolute Gasteiger partial charge is 0.337 e. The Hall–Kier alpha value is -2.90. The zero-order chi connectivity index (χ0) is 16.0. The van der Waals surface area contributed by atoms with Crippen molar-refractivity contribution in [1.82, 2.24) is 0 Å². The number of rotatable bonds is 5. The van der Waals surface area contributed by atoms with Gasteiger partial charge in [0.05, 0.1) is 25.3 Å². The van der Waals surface area contributed by atoms with E-state index >= 15 is 0 Å². The van der Waals surface area contributed by atoms with E-state index in [1.807, 2.05) is 0 Å². The molecule has 0 heterocycles. The van der Waals surface area contributed by atoms with Crippen molar-refractivity contribution in [2.45, 2.75) is 6.42 Å². The second kappa shape index (κ2) is 7.04. The molecule has 21 heavy (non-hydrogen) atoms. The number of hydrogen-bond acceptors (Lipinski definition) is 6. The highest BCUT2D eigenvalue weighted by molar-refractivity contribution is 6.03. The largest absolute Gasteiger partial charge is 0.481 e. The second-order valence-corrected chi connectivity index (χ2v) is 3.90. The predicted octanol–water partition coefficient (Wildman–Crippen LogP) is 0.673. The third kappa shape index (κ3) is 4.60. The van der Waals surface area contributed by atoms with Gasteiger partial charge in [0.15, 0.2) is 0 Å². The highest BCUT2D eigenvalue weighted by atomic mass is 16.5. The first-order valence-electron chi connectivity index (χ1n) is 5.70. The van der Waals surface area contributed by atoms with Gasteiger partial charge in [0.2, 0.25) is 5.91 Å². The minimum Gasteiger partial charge on any atom is -0.481 e. The number of hydrogen-bond donors (Lipinski definition) is 2. The van der Waals surface area contributed by atoms with Gasteiger partial charge in [0, 0.05) is 5.69 Å². The van der Waals surface area contributed by atoms with Crippen LogP contribution in [-0.4, -0.2) is 43.1 Å². The van der Waals surface area contributed by atoms with Gasteiger partial charge in [0.1, 0.15) is 6.42 Å². The summed E-state index contributed by atoms with van der Waals surface area (Å²) in [4.78, 5) is 44.9. The van der Waals surface area contributed by atoms with Crippen LogP contribution in [0.1, 0.15) is 27.1 Å². The Bertz CT molecular complexity index is 560. The minimum atomic E-state index is -1.30. The molecule has 0 saturated carbocycles. The first kappa shape index (κ1) is 16.2. The van der Waals surface area contributed by atoms with Crippen LogP contribution in [0.15, 0.2) is 18.2 Å². The van der Waals surface area contributed by atoms with Crippen LogP contribution in [0.4, 0.5) is 5.69 Å². The van der Waals surface area contributed by atoms with E-state index in [1.165, 1.54) is 18.2 Å². The lowest BCUT2D eigenvalue weighted by Gasteiger charge is -2.08. The number of benzene rings is 1. The van der Waals surface area contributed by atoms with E-state index in [1.54, 1.807) is 0 Å². The van der Waals surface area contributed by atoms with Crippen molar-refractivity contribution in [3.63, 3.8) is 0 Å². The summed E-state index contributed by atoms with van der Waals surface area (Å²) in [6.07, 6.45) is -0.740. The number of methoxy groups -OCH3 is 2. The molecule has 2 N–H and O–H groups in total. The molecule has 0 aromatic heterocycles. The number of amides is 1. The van der Waals surface area contributed by atoms with Gasteiger partial charge in [-0.25, -0.2) is 9.59 Å². The van der Waals surface area contributed by atoms with Gasteiger partial charge in [-0.15, -0.1) is 0 Å². The Morgan fingerprint density at radius 3 is 1.86 bits per heavy atom. The van der Waals surface area contributed by atoms with E-state index in [2.05, 4.69) is 14.8 Å². The van der Waals surface area contributed by atoms with Crippen molar-refractivity contribution < 1.29 is 33.8 Å². The zero-order valence-corrected chi connectivity index (χ0v) is 11.3. The summed E-state index contributed by atoms with van der Waals surface area (Å²) in [5.41, 5.74) is 0.126. The summed E-state index contributed by atoms with van der Waals surface area (Å²) in [6.45, 7) is 0. The van der Waals surface area contributed by atoms with Gasteiger partial charge in [-0.1, -0.05) is 0 Å². The van der Waals surface area contributed by atoms with Crippen LogP contribution in [0.5, 0.6) is 0 Å². The molecule has 1 amide bonds. The van der Waals surface area contributed by atoms with Crippen LogP contribution in [-0.2, 0) is 19.1 Å². The molecule has 1 aromatic carbocycles. The van der Waals surface area contributed by atoms with Gasteiger partial charge >= 0.3 is 17.9 Å². The first-order chi connectivity index (χ1) is 9.87. The van der Waals surface area contributed by atoms with Gasteiger partial charge in [-0.3, -0.25) is 9.59 Å². The number of nitrogens with one attached hydrogen (secondary N) is 1. The van der Waals surface area contributed by atoms with E-state index in [9.17, 15) is 19.2 Å². The number of carbonyl (C=O) groups excluding carboxylic acids is 3. The first-order valence-corrected chi connectivity index (χ1v) is 5.70. The number of ether oxygens (including phenoxy) is 2. The number of esters is 2. The van der Waals surface area contributed by atoms with E-state index in [4.69, 9.17) is 5.11 Å². The topological polar surface area (TPSA) is 119 Å². The van der Waals surface area contributed by atoms with Gasteiger partial charge in [0.25, 0.3) is 0 Å². The van der Waals surface area contributed by atoms with Crippen molar-refractivity contribution >= 4 is 29.5 Å². The zero-order valence-electron chi connectivity index (χ0n) is 11.3. The lowest BCUT2D eigenvalue weighted by atomic mass is 10.1. The number of anilines is 1. The predicted molar refractivity (Wildman–Crippen MR) is 70.0 cm³/mol. The average molecular weight is 295 g/mol. The standard InChI is InChI=1S/C13H13NO7/c1-20-12(18)7-3-8(13(19)21-2)5-9(4-7)14-10(15)6-11(16)17/h3-5H,6H2,1-2H3,(H,14,15)(H,16,17). The Kier molecular flexibility index (Phi) is 5.41. The van der Waals surface area contributed by atoms with Crippen LogP contribution >= 0.6 is 0 Å². The second-order valence-electron chi connectivity index (χ2n) is 3.90. The molecule has 0 radical (unpaired) electrons. The summed E-state index contributed by atoms with van der Waals surface area (Å²) in [5, 5.41) is 10.8. The van der Waals surface area contributed by atoms with Gasteiger partial charge < -0.3 is 19.9 Å². The molecule has 112 valence electrons. The molecular formula is C13H13NO7. The van der Waals surface area contributed by atoms with Crippen molar-refractivity contribution in [1.29, 1.82) is 0 Å². The van der Waals surface area contributed by atoms with E-state index in [0.717, 1.165) is 14.2 Å². The fourth-order valence-electron chi connectivity index (χ4n) is 1.51. The van der Waals surface area contributed by atoms with Gasteiger partial charge in [-0.05, 0) is 18.2 Å². The summed E-state index contributed by atoms with van der Waals surface area (Å²) >= 11 is 0. The Balaban J connectivity index is 3.12. The molecule has 0 atom stereocenters. The SMILES string of the molecule is COC(=O)c1cc(NC(=O)CC(=O)O)cc(C(=O)OC)c1. The molecule has 0 saturated heterocycles. The normalized spacial score (nSPS) is 9.62. The van der Waals surface area contributed by atoms with Crippen molar-refractivity contribution in [3.8, 4) is 0 Å². The molecule has 0 fully saturated rings. The maximum atomic E-state index is 11.5. The van der Waals surface area contributed by atoms with E-state index in [0.29, 0.717) is 0 Å². The Labute approximate surface area is 119 Å². The van der Waals surface area contributed by atoms with Crippen LogP contribution in [0.3, 0.4) is 0 Å². The lowest BCUT2D eigenvalue weighted by Crippen LogP contribution is -2.17. The molecule has 0 unspecified atom stereocenters. The number of carbonyl (C=O) groups is 4. The van der Waals surface area contributed by atoms with E-state index in [-0.39, 0.29) is 16.8 Å². The highest BCUT2D eigenvalue weighted by Gasteiger charge is 2.15. The van der Waals surface area contributed by atoms with Gasteiger partial charge in [-0.2, -0.15) is 0 Å².